The lowest BCUT2D eigenvalue weighted by molar-refractivity contribution is 0.541. The van der Waals surface area contributed by atoms with E-state index in [-0.39, 0.29) is 24.8 Å². The van der Waals surface area contributed by atoms with Gasteiger partial charge in [0, 0.05) is 0 Å². The fourth-order valence-electron chi connectivity index (χ4n) is 0.385. The summed E-state index contributed by atoms with van der Waals surface area (Å²) in [5.41, 5.74) is 0. The molecule has 1 aromatic carbocycles. The maximum atomic E-state index is 8.35. The number of thiol groups is 1. The van der Waals surface area contributed by atoms with E-state index in [2.05, 4.69) is 0 Å². The molecule has 0 radical (unpaired) electrons. The Balaban J connectivity index is -0.000000116. The monoisotopic (exact) mass is 215 g/mol. The number of hydrogen-bond donors (Lipinski definition) is 0. The van der Waals surface area contributed by atoms with E-state index in [9.17, 15) is 0 Å². The smallest absolute Gasteiger partial charge is 0.0623 e. The van der Waals surface area contributed by atoms with Crippen molar-refractivity contribution in [3.05, 3.63) is 36.4 Å². The van der Waals surface area contributed by atoms with Crippen LogP contribution in [0.15, 0.2) is 36.4 Å². The van der Waals surface area contributed by atoms with Crippen LogP contribution in [0.4, 0.5) is 0 Å². The van der Waals surface area contributed by atoms with E-state index < -0.39 is 11.6 Å². The zero-order valence-corrected chi connectivity index (χ0v) is 8.07. The van der Waals surface area contributed by atoms with Gasteiger partial charge in [-0.15, -0.1) is 24.8 Å². The van der Waals surface area contributed by atoms with Gasteiger partial charge in [0.2, 0.25) is 0 Å². The van der Waals surface area contributed by atoms with Crippen LogP contribution >= 0.6 is 24.8 Å². The van der Waals surface area contributed by atoms with Gasteiger partial charge in [0.1, 0.15) is 0 Å². The second-order valence-corrected chi connectivity index (χ2v) is 1.38. The molecule has 0 N–H and O–H groups in total. The Morgan fingerprint density at radius 2 is 0.727 bits per heavy atom. The maximum Gasteiger partial charge on any atom is -0.0623 e. The highest BCUT2D eigenvalue weighted by Crippen LogP contribution is 1.79. The topological polar surface area (TPSA) is 34.1 Å². The summed E-state index contributed by atoms with van der Waals surface area (Å²) in [7, 11) is 0. The summed E-state index contributed by atoms with van der Waals surface area (Å²) < 4.78 is 16.7. The zero-order valence-electron chi connectivity index (χ0n) is 5.54. The molecule has 0 saturated carbocycles. The van der Waals surface area contributed by atoms with Crippen molar-refractivity contribution >= 4 is 36.4 Å². The third kappa shape index (κ3) is 17.7. The predicted molar refractivity (Wildman–Crippen MR) is 51.1 cm³/mol. The largest absolute Gasteiger partial charge is 0.427 e. The molecule has 66 valence electrons. The molecule has 1 aromatic rings. The van der Waals surface area contributed by atoms with Gasteiger partial charge in [0.25, 0.3) is 0 Å². The summed E-state index contributed by atoms with van der Waals surface area (Å²) in [6.07, 6.45) is 0. The lowest BCUT2D eigenvalue weighted by Crippen LogP contribution is -1.47. The molecule has 0 bridgehead atoms. The fourth-order valence-corrected chi connectivity index (χ4v) is 0.385. The minimum atomic E-state index is -1.08. The molecule has 1 rings (SSSR count). The van der Waals surface area contributed by atoms with E-state index in [1.165, 1.54) is 0 Å². The Morgan fingerprint density at radius 3 is 0.818 bits per heavy atom. The molecular weight excluding hydrogens is 207 g/mol. The average molecular weight is 216 g/mol. The molecular formula is C6H9Cl2O2S-. The fraction of sp³-hybridized carbons (Fsp3) is 0. The van der Waals surface area contributed by atoms with E-state index in [4.69, 9.17) is 8.42 Å². The molecule has 0 amide bonds. The summed E-state index contributed by atoms with van der Waals surface area (Å²) in [4.78, 5) is 0. The first-order chi connectivity index (χ1) is 4.41. The van der Waals surface area contributed by atoms with Crippen LogP contribution in [0.2, 0.25) is 0 Å². The Bertz CT molecular complexity index is 148. The van der Waals surface area contributed by atoms with Crippen LogP contribution in [0, 0.1) is 0 Å². The van der Waals surface area contributed by atoms with Crippen LogP contribution in [0.3, 0.4) is 0 Å². The van der Waals surface area contributed by atoms with E-state index in [0.717, 1.165) is 0 Å². The second-order valence-electron chi connectivity index (χ2n) is 1.23. The highest BCUT2D eigenvalue weighted by molar-refractivity contribution is 7.51. The molecule has 5 heteroatoms. The maximum absolute atomic E-state index is 8.35. The van der Waals surface area contributed by atoms with Gasteiger partial charge in [-0.3, -0.25) is 0 Å². The minimum absolute atomic E-state index is 0. The number of rotatable bonds is 0. The van der Waals surface area contributed by atoms with Crippen molar-refractivity contribution in [1.82, 2.24) is 0 Å². The molecule has 0 spiro atoms. The van der Waals surface area contributed by atoms with E-state index in [1.54, 1.807) is 0 Å². The summed E-state index contributed by atoms with van der Waals surface area (Å²) in [6, 6.07) is 12.0. The van der Waals surface area contributed by atoms with Gasteiger partial charge >= 0.3 is 0 Å². The Kier molecular flexibility index (Phi) is 25.3. The molecule has 2 nitrogen and oxygen atoms in total. The van der Waals surface area contributed by atoms with E-state index in [1.807, 2.05) is 36.4 Å². The molecule has 0 unspecified atom stereocenters. The van der Waals surface area contributed by atoms with Crippen LogP contribution in [0.25, 0.3) is 0 Å². The standard InChI is InChI=1S/C6H6.2ClH.HO2S/c1-2-4-6-5-3-1;;;1-3-2/h1-6H;2*1H;3H/q;;;-1. The summed E-state index contributed by atoms with van der Waals surface area (Å²) >= 11 is -1.08. The number of hydrogen-bond acceptors (Lipinski definition) is 3. The van der Waals surface area contributed by atoms with Crippen molar-refractivity contribution in [2.45, 2.75) is 0 Å². The summed E-state index contributed by atoms with van der Waals surface area (Å²) in [5.74, 6) is 0. The van der Waals surface area contributed by atoms with Gasteiger partial charge < -0.3 is 8.42 Å². The third-order valence-electron chi connectivity index (χ3n) is 0.667. The Hall–Kier alpha value is -0.250. The zero-order chi connectivity index (χ0) is 6.95. The lowest BCUT2D eigenvalue weighted by Gasteiger charge is -1.69. The quantitative estimate of drug-likeness (QED) is 0.491. The van der Waals surface area contributed by atoms with E-state index in [0.29, 0.717) is 0 Å². The summed E-state index contributed by atoms with van der Waals surface area (Å²) in [5, 5.41) is 0. The normalized spacial score (nSPS) is 5.82. The lowest BCUT2D eigenvalue weighted by atomic mass is 10.4. The van der Waals surface area contributed by atoms with Gasteiger partial charge in [-0.25, -0.2) is 0 Å². The molecule has 0 aliphatic heterocycles. The van der Waals surface area contributed by atoms with Gasteiger partial charge in [-0.05, 0) is 0 Å². The van der Waals surface area contributed by atoms with Gasteiger partial charge in [-0.1, -0.05) is 48.0 Å². The average Bonchev–Trinajstić information content (AvgIpc) is 1.93. The van der Waals surface area contributed by atoms with Crippen molar-refractivity contribution in [3.63, 3.8) is 0 Å². The molecule has 0 aliphatic rings. The first-order valence-corrected chi connectivity index (χ1v) is 3.10. The molecule has 0 heterocycles. The van der Waals surface area contributed by atoms with Gasteiger partial charge in [-0.2, -0.15) is 0 Å². The van der Waals surface area contributed by atoms with Crippen LogP contribution in [0.1, 0.15) is 0 Å². The van der Waals surface area contributed by atoms with Crippen molar-refractivity contribution in [3.8, 4) is 0 Å². The van der Waals surface area contributed by atoms with Crippen LogP contribution in [-0.4, -0.2) is 0 Å². The predicted octanol–water partition coefficient (Wildman–Crippen LogP) is 2.02. The van der Waals surface area contributed by atoms with Crippen molar-refractivity contribution < 1.29 is 8.42 Å². The number of benzene rings is 1. The molecule has 0 aliphatic carbocycles. The first-order valence-electron chi connectivity index (χ1n) is 2.37. The first kappa shape index (κ1) is 17.0. The Morgan fingerprint density at radius 1 is 0.636 bits per heavy atom. The second kappa shape index (κ2) is 16.4. The molecule has 0 atom stereocenters. The molecule has 0 fully saturated rings. The third-order valence-corrected chi connectivity index (χ3v) is 0.667. The van der Waals surface area contributed by atoms with E-state index >= 15 is 0 Å². The van der Waals surface area contributed by atoms with Crippen molar-refractivity contribution in [1.29, 1.82) is 0 Å². The highest BCUT2D eigenvalue weighted by atomic mass is 35.5. The SMILES string of the molecule is Cl.Cl.O=[SH-]=O.c1ccccc1. The van der Waals surface area contributed by atoms with Crippen LogP contribution in [0.5, 0.6) is 0 Å². The van der Waals surface area contributed by atoms with Crippen molar-refractivity contribution in [2.75, 3.05) is 0 Å². The molecule has 11 heavy (non-hydrogen) atoms. The van der Waals surface area contributed by atoms with Crippen LogP contribution < -0.4 is 0 Å². The minimum Gasteiger partial charge on any atom is -0.427 e. The highest BCUT2D eigenvalue weighted by Gasteiger charge is 1.57. The Labute approximate surface area is 81.4 Å². The molecule has 0 saturated heterocycles. The van der Waals surface area contributed by atoms with Crippen LogP contribution in [-0.2, 0) is 20.0 Å². The van der Waals surface area contributed by atoms with Crippen molar-refractivity contribution in [2.24, 2.45) is 0 Å². The summed E-state index contributed by atoms with van der Waals surface area (Å²) in [6.45, 7) is 0. The number of halogens is 2. The van der Waals surface area contributed by atoms with Gasteiger partial charge in [0.15, 0.2) is 0 Å². The van der Waals surface area contributed by atoms with Gasteiger partial charge in [0.05, 0.1) is 0 Å². The molecule has 0 aromatic heterocycles.